The molecule has 6 nitrogen and oxygen atoms in total. The van der Waals surface area contributed by atoms with E-state index in [4.69, 9.17) is 20.8 Å². The minimum absolute atomic E-state index is 0.229. The van der Waals surface area contributed by atoms with E-state index in [-0.39, 0.29) is 12.2 Å². The lowest BCUT2D eigenvalue weighted by atomic mass is 9.93. The summed E-state index contributed by atoms with van der Waals surface area (Å²) in [6.45, 7) is 8.02. The number of furan rings is 1. The van der Waals surface area contributed by atoms with Crippen LogP contribution in [0.15, 0.2) is 86.1 Å². The van der Waals surface area contributed by atoms with Crippen molar-refractivity contribution in [2.75, 3.05) is 6.61 Å². The summed E-state index contributed by atoms with van der Waals surface area (Å²) >= 11 is 7.39. The summed E-state index contributed by atoms with van der Waals surface area (Å²) in [5, 5.41) is 0.614. The number of rotatable bonds is 6. The highest BCUT2D eigenvalue weighted by atomic mass is 35.5. The van der Waals surface area contributed by atoms with Crippen LogP contribution < -0.4 is 14.9 Å². The number of aromatic nitrogens is 1. The van der Waals surface area contributed by atoms with Crippen LogP contribution in [0.3, 0.4) is 0 Å². The largest absolute Gasteiger partial charge is 0.463 e. The van der Waals surface area contributed by atoms with Crippen LogP contribution in [0.1, 0.15) is 56.5 Å². The van der Waals surface area contributed by atoms with Crippen molar-refractivity contribution >= 4 is 35.0 Å². The van der Waals surface area contributed by atoms with Gasteiger partial charge in [0.1, 0.15) is 11.5 Å². The first kappa shape index (κ1) is 25.9. The van der Waals surface area contributed by atoms with Crippen molar-refractivity contribution in [2.24, 2.45) is 4.99 Å². The molecule has 0 N–H and O–H groups in total. The molecule has 1 aliphatic rings. The molecular weight excluding hydrogens is 520 g/mol. The number of carbonyl (C=O) groups excluding carboxylic acids is 1. The molecule has 0 unspecified atom stereocenters. The van der Waals surface area contributed by atoms with Gasteiger partial charge in [0.15, 0.2) is 4.80 Å². The molecule has 0 aliphatic carbocycles. The Balaban J connectivity index is 1.63. The van der Waals surface area contributed by atoms with Crippen molar-refractivity contribution in [3.8, 4) is 11.3 Å². The lowest BCUT2D eigenvalue weighted by Gasteiger charge is -2.25. The smallest absolute Gasteiger partial charge is 0.338 e. The van der Waals surface area contributed by atoms with E-state index < -0.39 is 12.0 Å². The Kier molecular flexibility index (Phi) is 7.23. The van der Waals surface area contributed by atoms with Gasteiger partial charge in [0, 0.05) is 16.7 Å². The average molecular weight is 547 g/mol. The summed E-state index contributed by atoms with van der Waals surface area (Å²) < 4.78 is 13.4. The van der Waals surface area contributed by atoms with Gasteiger partial charge in [-0.3, -0.25) is 9.36 Å². The molecule has 2 aromatic heterocycles. The molecular formula is C30H27ClN2O4S. The third-order valence-electron chi connectivity index (χ3n) is 6.45. The first-order valence-electron chi connectivity index (χ1n) is 12.4. The third kappa shape index (κ3) is 4.91. The van der Waals surface area contributed by atoms with E-state index in [2.05, 4.69) is 18.8 Å². The molecule has 0 fully saturated rings. The van der Waals surface area contributed by atoms with Crippen LogP contribution in [-0.2, 0) is 9.53 Å². The topological polar surface area (TPSA) is 73.8 Å². The quantitative estimate of drug-likeness (QED) is 0.285. The van der Waals surface area contributed by atoms with E-state index in [1.807, 2.05) is 54.6 Å². The molecule has 0 radical (unpaired) electrons. The molecule has 0 amide bonds. The van der Waals surface area contributed by atoms with Crippen LogP contribution in [0.4, 0.5) is 0 Å². The number of hydrogen-bond acceptors (Lipinski definition) is 6. The van der Waals surface area contributed by atoms with E-state index in [0.29, 0.717) is 43.1 Å². The first-order valence-corrected chi connectivity index (χ1v) is 13.6. The Morgan fingerprint density at radius 1 is 1.18 bits per heavy atom. The Morgan fingerprint density at radius 3 is 2.63 bits per heavy atom. The molecule has 8 heteroatoms. The van der Waals surface area contributed by atoms with Crippen molar-refractivity contribution in [1.82, 2.24) is 4.57 Å². The molecule has 4 aromatic rings. The van der Waals surface area contributed by atoms with Crippen LogP contribution in [0.25, 0.3) is 17.4 Å². The molecule has 1 atom stereocenters. The van der Waals surface area contributed by atoms with Gasteiger partial charge in [-0.05, 0) is 55.2 Å². The first-order chi connectivity index (χ1) is 18.3. The maximum absolute atomic E-state index is 13.8. The van der Waals surface area contributed by atoms with E-state index in [1.54, 1.807) is 30.6 Å². The van der Waals surface area contributed by atoms with Gasteiger partial charge in [0.2, 0.25) is 0 Å². The number of halogens is 1. The van der Waals surface area contributed by atoms with Crippen LogP contribution in [-0.4, -0.2) is 17.1 Å². The van der Waals surface area contributed by atoms with Crippen molar-refractivity contribution < 1.29 is 13.9 Å². The van der Waals surface area contributed by atoms with Crippen molar-refractivity contribution in [3.05, 3.63) is 114 Å². The number of esters is 1. The predicted molar refractivity (Wildman–Crippen MR) is 150 cm³/mol. The Morgan fingerprint density at radius 2 is 1.95 bits per heavy atom. The highest BCUT2D eigenvalue weighted by molar-refractivity contribution is 7.07. The number of benzene rings is 2. The van der Waals surface area contributed by atoms with Gasteiger partial charge < -0.3 is 9.15 Å². The van der Waals surface area contributed by atoms with Gasteiger partial charge in [-0.1, -0.05) is 73.2 Å². The monoisotopic (exact) mass is 546 g/mol. The number of thiazole rings is 1. The van der Waals surface area contributed by atoms with Crippen molar-refractivity contribution in [1.29, 1.82) is 0 Å². The molecule has 38 heavy (non-hydrogen) atoms. The molecule has 194 valence electrons. The average Bonchev–Trinajstić information content (AvgIpc) is 3.48. The van der Waals surface area contributed by atoms with Crippen molar-refractivity contribution in [2.45, 2.75) is 39.7 Å². The number of carbonyl (C=O) groups is 1. The van der Waals surface area contributed by atoms with Crippen LogP contribution in [0.2, 0.25) is 5.02 Å². The third-order valence-corrected chi connectivity index (χ3v) is 7.66. The Labute approximate surface area is 229 Å². The molecule has 5 rings (SSSR count). The Hall–Kier alpha value is -3.68. The van der Waals surface area contributed by atoms with Gasteiger partial charge in [-0.15, -0.1) is 0 Å². The fourth-order valence-corrected chi connectivity index (χ4v) is 5.74. The maximum atomic E-state index is 13.8. The SMILES string of the molecule is CCOC(=O)C1=C(C)N=c2s/c(=C\c3ccc(-c4cccc(Cl)c4)o3)c(=O)n2[C@@H]1c1ccc(C(C)C)cc1. The van der Waals surface area contributed by atoms with Crippen LogP contribution in [0, 0.1) is 0 Å². The molecule has 2 aromatic carbocycles. The molecule has 1 aliphatic heterocycles. The summed E-state index contributed by atoms with van der Waals surface area (Å²) in [6.07, 6.45) is 1.71. The molecule has 3 heterocycles. The Bertz CT molecular complexity index is 1720. The fraction of sp³-hybridized carbons (Fsp3) is 0.233. The number of nitrogens with zero attached hydrogens (tertiary/aromatic N) is 2. The molecule has 0 saturated carbocycles. The lowest BCUT2D eigenvalue weighted by Crippen LogP contribution is -2.39. The number of ether oxygens (including phenoxy) is 1. The summed E-state index contributed by atoms with van der Waals surface area (Å²) in [4.78, 5) is 32.0. The van der Waals surface area contributed by atoms with E-state index in [9.17, 15) is 9.59 Å². The van der Waals surface area contributed by atoms with E-state index in [0.717, 1.165) is 11.1 Å². The van der Waals surface area contributed by atoms with E-state index >= 15 is 0 Å². The van der Waals surface area contributed by atoms with Crippen LogP contribution in [0.5, 0.6) is 0 Å². The summed E-state index contributed by atoms with van der Waals surface area (Å²) in [7, 11) is 0. The normalized spacial score (nSPS) is 15.5. The minimum atomic E-state index is -0.646. The van der Waals surface area contributed by atoms with Gasteiger partial charge in [-0.25, -0.2) is 9.79 Å². The highest BCUT2D eigenvalue weighted by Crippen LogP contribution is 2.31. The molecule has 0 saturated heterocycles. The zero-order chi connectivity index (χ0) is 27.0. The standard InChI is InChI=1S/C30H27ClN2O4S/c1-5-36-29(35)26-18(4)32-30-33(27(26)20-11-9-19(10-12-20)17(2)3)28(34)25(38-30)16-23-13-14-24(37-23)21-7-6-8-22(31)15-21/h6-17,27H,5H2,1-4H3/b25-16-/t27-/m1/s1. The minimum Gasteiger partial charge on any atom is -0.463 e. The summed E-state index contributed by atoms with van der Waals surface area (Å²) in [6, 6.07) is 18.4. The number of allylic oxidation sites excluding steroid dienone is 1. The zero-order valence-electron chi connectivity index (χ0n) is 21.5. The van der Waals surface area contributed by atoms with Gasteiger partial charge >= 0.3 is 5.97 Å². The van der Waals surface area contributed by atoms with Crippen LogP contribution >= 0.6 is 22.9 Å². The second-order valence-electron chi connectivity index (χ2n) is 9.34. The molecule has 0 bridgehead atoms. The fourth-order valence-electron chi connectivity index (χ4n) is 4.53. The van der Waals surface area contributed by atoms with Gasteiger partial charge in [-0.2, -0.15) is 0 Å². The highest BCUT2D eigenvalue weighted by Gasteiger charge is 2.33. The number of hydrogen-bond donors (Lipinski definition) is 0. The second kappa shape index (κ2) is 10.6. The summed E-state index contributed by atoms with van der Waals surface area (Å²) in [5.74, 6) is 1.07. The predicted octanol–water partition coefficient (Wildman–Crippen LogP) is 5.84. The van der Waals surface area contributed by atoms with E-state index in [1.165, 1.54) is 16.9 Å². The number of fused-ring (bicyclic) bond motifs is 1. The van der Waals surface area contributed by atoms with Crippen molar-refractivity contribution in [3.63, 3.8) is 0 Å². The zero-order valence-corrected chi connectivity index (χ0v) is 23.1. The maximum Gasteiger partial charge on any atom is 0.338 e. The van der Waals surface area contributed by atoms with Gasteiger partial charge in [0.25, 0.3) is 5.56 Å². The summed E-state index contributed by atoms with van der Waals surface area (Å²) in [5.41, 5.74) is 3.49. The lowest BCUT2D eigenvalue weighted by molar-refractivity contribution is -0.139. The van der Waals surface area contributed by atoms with Gasteiger partial charge in [0.05, 0.1) is 28.5 Å². The second-order valence-corrected chi connectivity index (χ2v) is 10.8. The molecule has 0 spiro atoms.